The first kappa shape index (κ1) is 13.4. The number of benzene rings is 1. The Kier molecular flexibility index (Phi) is 3.71. The van der Waals surface area contributed by atoms with Gasteiger partial charge in [-0.2, -0.15) is 5.10 Å². The fourth-order valence-electron chi connectivity index (χ4n) is 1.72. The maximum Gasteiger partial charge on any atom is 0.328 e. The minimum absolute atomic E-state index is 0.618. The summed E-state index contributed by atoms with van der Waals surface area (Å²) in [6.07, 6.45) is 4.44. The lowest BCUT2D eigenvalue weighted by atomic mass is 10.1. The average Bonchev–Trinajstić information content (AvgIpc) is 2.68. The number of aliphatic carboxylic acids is 1. The van der Waals surface area contributed by atoms with Crippen molar-refractivity contribution in [2.24, 2.45) is 0 Å². The van der Waals surface area contributed by atoms with E-state index in [4.69, 9.17) is 16.7 Å². The molecule has 0 atom stereocenters. The molecule has 2 aromatic rings. The fraction of sp³-hybridized carbons (Fsp3) is 0.143. The number of hydrogen-bond acceptors (Lipinski definition) is 2. The summed E-state index contributed by atoms with van der Waals surface area (Å²) in [6.45, 7) is 3.76. The fourth-order valence-corrected chi connectivity index (χ4v) is 1.85. The molecule has 0 aliphatic heterocycles. The van der Waals surface area contributed by atoms with Gasteiger partial charge >= 0.3 is 5.97 Å². The van der Waals surface area contributed by atoms with E-state index < -0.39 is 5.97 Å². The van der Waals surface area contributed by atoms with Crippen LogP contribution in [-0.4, -0.2) is 20.9 Å². The molecule has 0 fully saturated rings. The lowest BCUT2D eigenvalue weighted by Crippen LogP contribution is -1.96. The van der Waals surface area contributed by atoms with Gasteiger partial charge in [0, 0.05) is 12.3 Å². The highest BCUT2D eigenvalue weighted by atomic mass is 35.5. The number of nitrogens with zero attached hydrogens (tertiary/aromatic N) is 2. The third-order valence-electron chi connectivity index (χ3n) is 2.76. The van der Waals surface area contributed by atoms with Gasteiger partial charge in [-0.3, -0.25) is 0 Å². The maximum absolute atomic E-state index is 10.5. The first-order valence-corrected chi connectivity index (χ1v) is 6.09. The zero-order chi connectivity index (χ0) is 14.0. The second kappa shape index (κ2) is 5.28. The molecule has 0 unspecified atom stereocenters. The Bertz CT molecular complexity index is 640. The molecule has 98 valence electrons. The van der Waals surface area contributed by atoms with Crippen LogP contribution < -0.4 is 0 Å². The third-order valence-corrected chi connectivity index (χ3v) is 3.13. The van der Waals surface area contributed by atoms with Crippen molar-refractivity contribution >= 4 is 23.6 Å². The van der Waals surface area contributed by atoms with Gasteiger partial charge in [0.25, 0.3) is 0 Å². The van der Waals surface area contributed by atoms with Crippen molar-refractivity contribution in [1.82, 2.24) is 9.78 Å². The van der Waals surface area contributed by atoms with Crippen molar-refractivity contribution in [3.63, 3.8) is 0 Å². The minimum atomic E-state index is -0.960. The van der Waals surface area contributed by atoms with Crippen molar-refractivity contribution in [2.75, 3.05) is 0 Å². The Morgan fingerprint density at radius 3 is 2.68 bits per heavy atom. The van der Waals surface area contributed by atoms with Crippen LogP contribution in [0.1, 0.15) is 16.8 Å². The van der Waals surface area contributed by atoms with Crippen LogP contribution in [0, 0.1) is 13.8 Å². The molecular formula is C14H13ClN2O2. The van der Waals surface area contributed by atoms with E-state index in [1.807, 2.05) is 32.0 Å². The van der Waals surface area contributed by atoms with Crippen LogP contribution in [0.3, 0.4) is 0 Å². The summed E-state index contributed by atoms with van der Waals surface area (Å²) in [5.74, 6) is -0.960. The van der Waals surface area contributed by atoms with Crippen LogP contribution in [0.15, 0.2) is 30.5 Å². The minimum Gasteiger partial charge on any atom is -0.478 e. The van der Waals surface area contributed by atoms with E-state index in [2.05, 4.69) is 5.10 Å². The van der Waals surface area contributed by atoms with Crippen molar-refractivity contribution in [2.45, 2.75) is 13.8 Å². The Hall–Kier alpha value is -2.07. The van der Waals surface area contributed by atoms with Gasteiger partial charge in [0.15, 0.2) is 0 Å². The largest absolute Gasteiger partial charge is 0.478 e. The zero-order valence-electron chi connectivity index (χ0n) is 10.6. The van der Waals surface area contributed by atoms with Gasteiger partial charge in [-0.25, -0.2) is 9.48 Å². The normalized spacial score (nSPS) is 11.1. The molecule has 1 heterocycles. The van der Waals surface area contributed by atoms with Crippen molar-refractivity contribution in [1.29, 1.82) is 0 Å². The molecule has 0 amide bonds. The molecule has 1 N–H and O–H groups in total. The van der Waals surface area contributed by atoms with E-state index in [-0.39, 0.29) is 0 Å². The van der Waals surface area contributed by atoms with Gasteiger partial charge in [-0.05, 0) is 43.2 Å². The first-order chi connectivity index (χ1) is 8.97. The monoisotopic (exact) mass is 276 g/mol. The number of carboxylic acid groups (broad SMARTS) is 1. The molecule has 1 aromatic heterocycles. The highest BCUT2D eigenvalue weighted by Crippen LogP contribution is 2.19. The summed E-state index contributed by atoms with van der Waals surface area (Å²) < 4.78 is 1.70. The van der Waals surface area contributed by atoms with E-state index >= 15 is 0 Å². The summed E-state index contributed by atoms with van der Waals surface area (Å²) >= 11 is 5.98. The quantitative estimate of drug-likeness (QED) is 0.876. The van der Waals surface area contributed by atoms with E-state index in [0.717, 1.165) is 28.6 Å². The third kappa shape index (κ3) is 3.03. The summed E-state index contributed by atoms with van der Waals surface area (Å²) in [4.78, 5) is 10.5. The lowest BCUT2D eigenvalue weighted by molar-refractivity contribution is -0.131. The van der Waals surface area contributed by atoms with Crippen LogP contribution in [0.4, 0.5) is 0 Å². The Balaban J connectivity index is 2.36. The van der Waals surface area contributed by atoms with Crippen molar-refractivity contribution in [3.8, 4) is 5.69 Å². The molecule has 2 rings (SSSR count). The predicted molar refractivity (Wildman–Crippen MR) is 74.7 cm³/mol. The summed E-state index contributed by atoms with van der Waals surface area (Å²) in [6, 6.07) is 5.66. The van der Waals surface area contributed by atoms with Crippen LogP contribution in [-0.2, 0) is 4.79 Å². The second-order valence-corrected chi connectivity index (χ2v) is 4.63. The molecule has 0 aliphatic carbocycles. The second-order valence-electron chi connectivity index (χ2n) is 4.22. The van der Waals surface area contributed by atoms with Gasteiger partial charge < -0.3 is 5.11 Å². The molecule has 0 saturated heterocycles. The van der Waals surface area contributed by atoms with Crippen molar-refractivity contribution < 1.29 is 9.90 Å². The molecule has 1 aromatic carbocycles. The Morgan fingerprint density at radius 2 is 2.16 bits per heavy atom. The standard InChI is InChI=1S/C14H13ClN2O2/c1-9-7-12(17-8-13(15)10(2)16-17)5-3-11(9)4-6-14(18)19/h3-8H,1-2H3,(H,18,19). The molecule has 4 nitrogen and oxygen atoms in total. The van der Waals surface area contributed by atoms with E-state index in [1.54, 1.807) is 17.0 Å². The number of hydrogen-bond donors (Lipinski definition) is 1. The SMILES string of the molecule is Cc1cc(-n2cc(Cl)c(C)n2)ccc1C=CC(=O)O. The highest BCUT2D eigenvalue weighted by Gasteiger charge is 2.05. The highest BCUT2D eigenvalue weighted by molar-refractivity contribution is 6.31. The maximum atomic E-state index is 10.5. The molecule has 19 heavy (non-hydrogen) atoms. The van der Waals surface area contributed by atoms with Gasteiger partial charge in [0.1, 0.15) is 0 Å². The Labute approximate surface area is 115 Å². The predicted octanol–water partition coefficient (Wildman–Crippen LogP) is 3.24. The lowest BCUT2D eigenvalue weighted by Gasteiger charge is -2.05. The zero-order valence-corrected chi connectivity index (χ0v) is 11.3. The summed E-state index contributed by atoms with van der Waals surface area (Å²) in [5.41, 5.74) is 3.49. The Morgan fingerprint density at radius 1 is 1.42 bits per heavy atom. The molecule has 0 saturated carbocycles. The summed E-state index contributed by atoms with van der Waals surface area (Å²) in [7, 11) is 0. The van der Waals surface area contributed by atoms with Crippen molar-refractivity contribution in [3.05, 3.63) is 52.3 Å². The van der Waals surface area contributed by atoms with Crippen LogP contribution in [0.5, 0.6) is 0 Å². The van der Waals surface area contributed by atoms with Gasteiger partial charge in [0.05, 0.1) is 16.4 Å². The molecular weight excluding hydrogens is 264 g/mol. The molecule has 0 aliphatic rings. The van der Waals surface area contributed by atoms with Gasteiger partial charge in [-0.1, -0.05) is 17.7 Å². The topological polar surface area (TPSA) is 55.1 Å². The number of aromatic nitrogens is 2. The number of rotatable bonds is 3. The van der Waals surface area contributed by atoms with Crippen LogP contribution in [0.25, 0.3) is 11.8 Å². The number of aryl methyl sites for hydroxylation is 2. The van der Waals surface area contributed by atoms with Gasteiger partial charge in [-0.15, -0.1) is 0 Å². The number of carbonyl (C=O) groups is 1. The molecule has 0 radical (unpaired) electrons. The van der Waals surface area contributed by atoms with E-state index in [9.17, 15) is 4.79 Å². The smallest absolute Gasteiger partial charge is 0.328 e. The average molecular weight is 277 g/mol. The van der Waals surface area contributed by atoms with Crippen LogP contribution >= 0.6 is 11.6 Å². The van der Waals surface area contributed by atoms with Gasteiger partial charge in [0.2, 0.25) is 0 Å². The van der Waals surface area contributed by atoms with Crippen LogP contribution in [0.2, 0.25) is 5.02 Å². The molecule has 0 spiro atoms. The molecule has 0 bridgehead atoms. The number of carboxylic acids is 1. The molecule has 5 heteroatoms. The summed E-state index contributed by atoms with van der Waals surface area (Å²) in [5, 5.41) is 13.5. The first-order valence-electron chi connectivity index (χ1n) is 5.71. The van der Waals surface area contributed by atoms with E-state index in [1.165, 1.54) is 0 Å². The van der Waals surface area contributed by atoms with E-state index in [0.29, 0.717) is 5.02 Å². The number of halogens is 1.